The molecule has 2 atom stereocenters. The van der Waals surface area contributed by atoms with Gasteiger partial charge >= 0.3 is 0 Å². The lowest BCUT2D eigenvalue weighted by atomic mass is 9.89. The van der Waals surface area contributed by atoms with Gasteiger partial charge in [0, 0.05) is 6.61 Å². The van der Waals surface area contributed by atoms with E-state index in [4.69, 9.17) is 16.3 Å². The molecule has 2 heteroatoms. The second kappa shape index (κ2) is 14.8. The average molecular weight is 353 g/mol. The molecule has 0 bridgehead atoms. The molecular weight excluding hydrogens is 316 g/mol. The molecule has 1 rings (SSSR count). The van der Waals surface area contributed by atoms with Crippen LogP contribution in [0, 0.1) is 0 Å². The van der Waals surface area contributed by atoms with Crippen molar-refractivity contribution >= 4 is 11.6 Å². The largest absolute Gasteiger partial charge is 0.362 e. The number of alkyl halides is 1. The van der Waals surface area contributed by atoms with Crippen molar-refractivity contribution in [3.05, 3.63) is 35.9 Å². The maximum atomic E-state index is 6.39. The molecule has 0 aliphatic carbocycles. The van der Waals surface area contributed by atoms with E-state index in [-0.39, 0.29) is 5.56 Å². The molecule has 2 unspecified atom stereocenters. The number of rotatable bonds is 15. The van der Waals surface area contributed by atoms with Crippen molar-refractivity contribution in [1.82, 2.24) is 0 Å². The van der Waals surface area contributed by atoms with Crippen LogP contribution in [0.2, 0.25) is 0 Å². The molecule has 0 amide bonds. The third kappa shape index (κ3) is 10.4. The first-order valence-corrected chi connectivity index (χ1v) is 10.5. The molecule has 0 aliphatic rings. The molecule has 0 spiro atoms. The van der Waals surface area contributed by atoms with E-state index in [1.807, 2.05) is 0 Å². The Bertz CT molecular complexity index is 379. The van der Waals surface area contributed by atoms with Crippen LogP contribution in [0.5, 0.6) is 0 Å². The Morgan fingerprint density at radius 1 is 0.792 bits per heavy atom. The topological polar surface area (TPSA) is 9.23 Å². The Balaban J connectivity index is 2.32. The normalized spacial score (nSPS) is 13.8. The van der Waals surface area contributed by atoms with E-state index in [2.05, 4.69) is 44.2 Å². The van der Waals surface area contributed by atoms with Crippen LogP contribution in [-0.4, -0.2) is 12.2 Å². The number of unbranched alkanes of at least 4 members (excludes halogenated alkanes) is 6. The summed E-state index contributed by atoms with van der Waals surface area (Å²) in [6.45, 7) is 5.31. The summed E-state index contributed by atoms with van der Waals surface area (Å²) in [5.74, 6) is 0.619. The number of ether oxygens (including phenoxy) is 1. The van der Waals surface area contributed by atoms with E-state index in [1.165, 1.54) is 56.9 Å². The molecule has 24 heavy (non-hydrogen) atoms. The number of hydrogen-bond acceptors (Lipinski definition) is 1. The first-order valence-electron chi connectivity index (χ1n) is 10.1. The lowest BCUT2D eigenvalue weighted by Gasteiger charge is -2.19. The van der Waals surface area contributed by atoms with Gasteiger partial charge in [0.15, 0.2) is 0 Å². The first kappa shape index (κ1) is 21.5. The van der Waals surface area contributed by atoms with Gasteiger partial charge in [0.25, 0.3) is 0 Å². The maximum absolute atomic E-state index is 6.39. The molecule has 138 valence electrons. The molecule has 0 aliphatic heterocycles. The van der Waals surface area contributed by atoms with Gasteiger partial charge in [0.1, 0.15) is 5.56 Å². The monoisotopic (exact) mass is 352 g/mol. The summed E-state index contributed by atoms with van der Waals surface area (Å²) in [5.41, 5.74) is 1.33. The minimum absolute atomic E-state index is 0.131. The fourth-order valence-corrected chi connectivity index (χ4v) is 3.39. The Hall–Kier alpha value is -0.530. The Labute approximate surface area is 155 Å². The fourth-order valence-electron chi connectivity index (χ4n) is 3.18. The zero-order valence-corrected chi connectivity index (χ0v) is 16.6. The molecule has 0 heterocycles. The van der Waals surface area contributed by atoms with E-state index in [0.29, 0.717) is 5.92 Å². The third-order valence-corrected chi connectivity index (χ3v) is 5.06. The van der Waals surface area contributed by atoms with E-state index >= 15 is 0 Å². The van der Waals surface area contributed by atoms with Crippen molar-refractivity contribution < 1.29 is 4.74 Å². The quantitative estimate of drug-likeness (QED) is 0.232. The summed E-state index contributed by atoms with van der Waals surface area (Å²) >= 11 is 6.39. The van der Waals surface area contributed by atoms with Crippen LogP contribution in [0.1, 0.15) is 96.0 Å². The number of hydrogen-bond donors (Lipinski definition) is 0. The van der Waals surface area contributed by atoms with Crippen LogP contribution in [-0.2, 0) is 4.74 Å². The summed E-state index contributed by atoms with van der Waals surface area (Å²) in [6, 6.07) is 10.9. The molecule has 0 N–H and O–H groups in total. The van der Waals surface area contributed by atoms with Gasteiger partial charge in [-0.25, -0.2) is 0 Å². The lowest BCUT2D eigenvalue weighted by Crippen LogP contribution is -2.09. The highest BCUT2D eigenvalue weighted by Crippen LogP contribution is 2.29. The van der Waals surface area contributed by atoms with Gasteiger partial charge in [-0.1, -0.05) is 101 Å². The molecule has 0 saturated carbocycles. The van der Waals surface area contributed by atoms with Crippen molar-refractivity contribution in [2.45, 2.75) is 96.0 Å². The van der Waals surface area contributed by atoms with Crippen molar-refractivity contribution in [2.75, 3.05) is 6.61 Å². The second-order valence-electron chi connectivity index (χ2n) is 6.88. The van der Waals surface area contributed by atoms with Crippen LogP contribution in [0.3, 0.4) is 0 Å². The number of halogens is 1. The molecule has 0 fully saturated rings. The highest BCUT2D eigenvalue weighted by Gasteiger charge is 2.14. The average Bonchev–Trinajstić information content (AvgIpc) is 2.61. The molecule has 1 aromatic carbocycles. The van der Waals surface area contributed by atoms with Crippen molar-refractivity contribution in [3.63, 3.8) is 0 Å². The zero-order valence-electron chi connectivity index (χ0n) is 15.8. The minimum atomic E-state index is -0.131. The second-order valence-corrected chi connectivity index (χ2v) is 7.36. The maximum Gasteiger partial charge on any atom is 0.131 e. The van der Waals surface area contributed by atoms with Crippen LogP contribution in [0.25, 0.3) is 0 Å². The van der Waals surface area contributed by atoms with E-state index in [1.54, 1.807) is 0 Å². The molecule has 1 nitrogen and oxygen atoms in total. The van der Waals surface area contributed by atoms with Crippen molar-refractivity contribution in [3.8, 4) is 0 Å². The van der Waals surface area contributed by atoms with Gasteiger partial charge in [-0.3, -0.25) is 0 Å². The third-order valence-electron chi connectivity index (χ3n) is 4.72. The standard InChI is InChI=1S/C22H37ClO/c1-3-5-7-10-16-21(20-14-11-9-12-15-20)17-18-22(23)24-19-13-8-6-4-2/h9,11-12,14-15,21-22H,3-8,10,13,16-19H2,1-2H3. The van der Waals surface area contributed by atoms with E-state index in [0.717, 1.165) is 25.9 Å². The predicted molar refractivity (Wildman–Crippen MR) is 107 cm³/mol. The highest BCUT2D eigenvalue weighted by molar-refractivity contribution is 6.19. The molecular formula is C22H37ClO. The van der Waals surface area contributed by atoms with Crippen molar-refractivity contribution in [1.29, 1.82) is 0 Å². The van der Waals surface area contributed by atoms with Crippen molar-refractivity contribution in [2.24, 2.45) is 0 Å². The Morgan fingerprint density at radius 2 is 1.46 bits per heavy atom. The van der Waals surface area contributed by atoms with Gasteiger partial charge in [0.05, 0.1) is 0 Å². The lowest BCUT2D eigenvalue weighted by molar-refractivity contribution is 0.0952. The highest BCUT2D eigenvalue weighted by atomic mass is 35.5. The van der Waals surface area contributed by atoms with Gasteiger partial charge < -0.3 is 4.74 Å². The van der Waals surface area contributed by atoms with Gasteiger partial charge in [-0.05, 0) is 37.2 Å². The van der Waals surface area contributed by atoms with Gasteiger partial charge in [0.2, 0.25) is 0 Å². The van der Waals surface area contributed by atoms with Crippen LogP contribution >= 0.6 is 11.6 Å². The smallest absolute Gasteiger partial charge is 0.131 e. The summed E-state index contributed by atoms with van der Waals surface area (Å²) < 4.78 is 5.78. The first-order chi connectivity index (χ1) is 11.8. The van der Waals surface area contributed by atoms with Crippen LogP contribution in [0.15, 0.2) is 30.3 Å². The van der Waals surface area contributed by atoms with Crippen LogP contribution in [0.4, 0.5) is 0 Å². The Morgan fingerprint density at radius 3 is 2.12 bits per heavy atom. The molecule has 0 aromatic heterocycles. The zero-order chi connectivity index (χ0) is 17.5. The fraction of sp³-hybridized carbons (Fsp3) is 0.727. The van der Waals surface area contributed by atoms with Crippen LogP contribution < -0.4 is 0 Å². The summed E-state index contributed by atoms with van der Waals surface area (Å²) in [6.07, 6.45) is 13.6. The predicted octanol–water partition coefficient (Wildman–Crippen LogP) is 7.68. The summed E-state index contributed by atoms with van der Waals surface area (Å²) in [7, 11) is 0. The van der Waals surface area contributed by atoms with Gasteiger partial charge in [-0.15, -0.1) is 0 Å². The van der Waals surface area contributed by atoms with E-state index in [9.17, 15) is 0 Å². The molecule has 1 aromatic rings. The Kier molecular flexibility index (Phi) is 13.3. The number of benzene rings is 1. The van der Waals surface area contributed by atoms with Gasteiger partial charge in [-0.2, -0.15) is 0 Å². The molecule has 0 radical (unpaired) electrons. The SMILES string of the molecule is CCCCCCOC(Cl)CCC(CCCCCC)c1ccccc1. The summed E-state index contributed by atoms with van der Waals surface area (Å²) in [4.78, 5) is 0. The minimum Gasteiger partial charge on any atom is -0.362 e. The summed E-state index contributed by atoms with van der Waals surface area (Å²) in [5, 5.41) is 0. The molecule has 0 saturated heterocycles. The van der Waals surface area contributed by atoms with E-state index < -0.39 is 0 Å².